The van der Waals surface area contributed by atoms with Crippen LogP contribution in [0.2, 0.25) is 0 Å². The van der Waals surface area contributed by atoms with Crippen LogP contribution >= 0.6 is 0 Å². The number of sulfonamides is 1. The summed E-state index contributed by atoms with van der Waals surface area (Å²) in [5, 5.41) is 32.5. The first kappa shape index (κ1) is 31.9. The Hall–Kier alpha value is -2.29. The molecule has 3 aliphatic heterocycles. The van der Waals surface area contributed by atoms with E-state index in [0.717, 1.165) is 30.4 Å². The van der Waals surface area contributed by atoms with Gasteiger partial charge in [0.2, 0.25) is 21.8 Å². The van der Waals surface area contributed by atoms with E-state index >= 15 is 0 Å². The minimum absolute atomic E-state index is 0.0102. The quantitative estimate of drug-likeness (QED) is 0.258. The second-order valence-electron chi connectivity index (χ2n) is 10.00. The van der Waals surface area contributed by atoms with E-state index in [4.69, 9.17) is 20.4 Å². The van der Waals surface area contributed by atoms with E-state index in [9.17, 15) is 27.6 Å². The molecule has 0 aromatic heterocycles. The summed E-state index contributed by atoms with van der Waals surface area (Å²) >= 11 is 0. The van der Waals surface area contributed by atoms with E-state index in [1.807, 2.05) is 18.7 Å². The average molecular weight is 564 g/mol. The number of aliphatic hydroxyl groups excluding tert-OH is 2. The zero-order valence-corrected chi connectivity index (χ0v) is 22.9. The number of likely N-dealkylation sites (tertiary alicyclic amines) is 2. The van der Waals surface area contributed by atoms with Gasteiger partial charge < -0.3 is 30.2 Å². The van der Waals surface area contributed by atoms with Crippen molar-refractivity contribution in [2.45, 2.75) is 89.5 Å². The number of rotatable bonds is 11. The third kappa shape index (κ3) is 7.64. The first-order valence-electron chi connectivity index (χ1n) is 13.3. The van der Waals surface area contributed by atoms with Gasteiger partial charge in [-0.1, -0.05) is 26.7 Å². The van der Waals surface area contributed by atoms with E-state index in [0.29, 0.717) is 32.2 Å². The van der Waals surface area contributed by atoms with E-state index < -0.39 is 34.2 Å². The van der Waals surface area contributed by atoms with Gasteiger partial charge in [0.15, 0.2) is 12.2 Å². The highest BCUT2D eigenvalue weighted by Crippen LogP contribution is 2.40. The van der Waals surface area contributed by atoms with Crippen molar-refractivity contribution in [3.8, 4) is 0 Å². The smallest absolute Gasteiger partial charge is 0.335 e. The molecule has 14 heteroatoms. The molecule has 4 N–H and O–H groups in total. The van der Waals surface area contributed by atoms with Gasteiger partial charge >= 0.3 is 11.9 Å². The van der Waals surface area contributed by atoms with Gasteiger partial charge in [0.05, 0.1) is 23.8 Å². The minimum Gasteiger partial charge on any atom is -0.479 e. The summed E-state index contributed by atoms with van der Waals surface area (Å²) in [5.41, 5.74) is 0. The number of aliphatic carboxylic acids is 2. The van der Waals surface area contributed by atoms with Crippen molar-refractivity contribution in [3.05, 3.63) is 0 Å². The van der Waals surface area contributed by atoms with Crippen LogP contribution in [0.25, 0.3) is 0 Å². The number of carbonyl (C=O) groups is 4. The summed E-state index contributed by atoms with van der Waals surface area (Å²) in [5.74, 6) is -4.16. The van der Waals surface area contributed by atoms with Crippen LogP contribution in [0, 0.1) is 5.92 Å². The third-order valence-electron chi connectivity index (χ3n) is 7.25. The topological polar surface area (TPSA) is 193 Å². The van der Waals surface area contributed by atoms with Gasteiger partial charge in [-0.15, -0.1) is 0 Å². The maximum absolute atomic E-state index is 13.0. The molecule has 2 unspecified atom stereocenters. The second-order valence-corrected chi connectivity index (χ2v) is 12.0. The first-order chi connectivity index (χ1) is 17.9. The molecule has 5 atom stereocenters. The first-order valence-corrected chi connectivity index (χ1v) is 14.9. The third-order valence-corrected chi connectivity index (χ3v) is 9.22. The lowest BCUT2D eigenvalue weighted by Gasteiger charge is -2.30. The molecular weight excluding hydrogens is 522 g/mol. The SMILES string of the molecule is CCC[C@H]1C(=O)N(S(=O)(=O)CCC)[C@H]2CCN(C(=O)CCN3CCCCC3)[C@H]12.O=C(O)C(O)C(O)C(=O)O. The fourth-order valence-corrected chi connectivity index (χ4v) is 7.22. The van der Waals surface area contributed by atoms with Gasteiger partial charge in [-0.3, -0.25) is 9.59 Å². The Bertz CT molecular complexity index is 935. The molecule has 0 aliphatic carbocycles. The molecular formula is C24H41N3O10S. The fraction of sp³-hybridized carbons (Fsp3) is 0.833. The number of amides is 2. The molecule has 0 bridgehead atoms. The molecule has 218 valence electrons. The van der Waals surface area contributed by atoms with Gasteiger partial charge in [0.25, 0.3) is 0 Å². The summed E-state index contributed by atoms with van der Waals surface area (Å²) < 4.78 is 26.6. The van der Waals surface area contributed by atoms with Crippen molar-refractivity contribution in [3.63, 3.8) is 0 Å². The number of hydrogen-bond acceptors (Lipinski definition) is 9. The highest BCUT2D eigenvalue weighted by Gasteiger charge is 2.57. The number of piperidine rings is 1. The minimum atomic E-state index is -3.61. The number of carboxylic acid groups (broad SMARTS) is 2. The molecule has 0 radical (unpaired) electrons. The lowest BCUT2D eigenvalue weighted by molar-refractivity contribution is -0.165. The largest absolute Gasteiger partial charge is 0.479 e. The molecule has 0 aromatic rings. The zero-order valence-electron chi connectivity index (χ0n) is 22.1. The van der Waals surface area contributed by atoms with Crippen molar-refractivity contribution in [2.24, 2.45) is 5.92 Å². The Morgan fingerprint density at radius 2 is 1.53 bits per heavy atom. The maximum atomic E-state index is 13.0. The van der Waals surface area contributed by atoms with Crippen LogP contribution in [-0.2, 0) is 29.2 Å². The Morgan fingerprint density at radius 3 is 2.03 bits per heavy atom. The summed E-state index contributed by atoms with van der Waals surface area (Å²) in [6.45, 7) is 7.24. The van der Waals surface area contributed by atoms with E-state index in [2.05, 4.69) is 4.90 Å². The molecule has 3 heterocycles. The standard InChI is InChI=1S/C20H35N3O4S.C4H6O6/c1-3-8-16-19-17(23(20(16)25)28(26,27)15-4-2)9-14-22(19)18(24)10-13-21-11-6-5-7-12-21;5-1(3(7)8)2(6)4(9)10/h16-17,19H,3-15H2,1-2H3;1-2,5-6H,(H,7,8)(H,9,10)/t16-,17+,19-;/m1./s1. The van der Waals surface area contributed by atoms with Crippen molar-refractivity contribution in [1.29, 1.82) is 0 Å². The van der Waals surface area contributed by atoms with Crippen molar-refractivity contribution >= 4 is 33.8 Å². The van der Waals surface area contributed by atoms with Crippen molar-refractivity contribution in [1.82, 2.24) is 14.1 Å². The zero-order chi connectivity index (χ0) is 28.6. The lowest BCUT2D eigenvalue weighted by atomic mass is 9.94. The molecule has 3 aliphatic rings. The number of carboxylic acids is 2. The Kier molecular flexibility index (Phi) is 11.9. The Balaban J connectivity index is 0.000000432. The predicted octanol–water partition coefficient (Wildman–Crippen LogP) is -0.292. The number of fused-ring (bicyclic) bond motifs is 1. The van der Waals surface area contributed by atoms with E-state index in [1.54, 1.807) is 0 Å². The molecule has 0 saturated carbocycles. The molecule has 0 aromatic carbocycles. The number of aliphatic hydroxyl groups is 2. The summed E-state index contributed by atoms with van der Waals surface area (Å²) in [7, 11) is -3.61. The van der Waals surface area contributed by atoms with Crippen LogP contribution in [0.1, 0.15) is 65.2 Å². The van der Waals surface area contributed by atoms with Gasteiger partial charge in [-0.25, -0.2) is 22.3 Å². The average Bonchev–Trinajstić information content (AvgIpc) is 3.40. The molecule has 2 amide bonds. The monoisotopic (exact) mass is 563 g/mol. The number of carbonyl (C=O) groups excluding carboxylic acids is 2. The Morgan fingerprint density at radius 1 is 0.947 bits per heavy atom. The van der Waals surface area contributed by atoms with Crippen molar-refractivity contribution < 1.29 is 48.0 Å². The fourth-order valence-electron chi connectivity index (χ4n) is 5.46. The number of hydrogen-bond donors (Lipinski definition) is 4. The van der Waals surface area contributed by atoms with Crippen molar-refractivity contribution in [2.75, 3.05) is 31.9 Å². The molecule has 13 nitrogen and oxygen atoms in total. The van der Waals surface area contributed by atoms with Gasteiger partial charge in [0.1, 0.15) is 0 Å². The summed E-state index contributed by atoms with van der Waals surface area (Å²) in [6, 6.07) is -0.660. The second kappa shape index (κ2) is 14.2. The normalized spacial score (nSPS) is 25.4. The Labute approximate surface area is 223 Å². The number of nitrogens with zero attached hydrogens (tertiary/aromatic N) is 3. The van der Waals surface area contributed by atoms with Gasteiger partial charge in [-0.05, 0) is 45.2 Å². The van der Waals surface area contributed by atoms with Crippen LogP contribution in [0.15, 0.2) is 0 Å². The molecule has 3 rings (SSSR count). The molecule has 3 fully saturated rings. The van der Waals surface area contributed by atoms with E-state index in [-0.39, 0.29) is 35.6 Å². The predicted molar refractivity (Wildman–Crippen MR) is 135 cm³/mol. The van der Waals surface area contributed by atoms with Crippen LogP contribution in [0.4, 0.5) is 0 Å². The van der Waals surface area contributed by atoms with Crippen LogP contribution in [0.3, 0.4) is 0 Å². The van der Waals surface area contributed by atoms with Crippen LogP contribution in [-0.4, -0.2) is 123 Å². The maximum Gasteiger partial charge on any atom is 0.335 e. The molecule has 3 saturated heterocycles. The molecule has 0 spiro atoms. The van der Waals surface area contributed by atoms with E-state index in [1.165, 1.54) is 19.3 Å². The highest BCUT2D eigenvalue weighted by molar-refractivity contribution is 7.89. The lowest BCUT2D eigenvalue weighted by Crippen LogP contribution is -2.44. The van der Waals surface area contributed by atoms with Gasteiger partial charge in [-0.2, -0.15) is 0 Å². The highest BCUT2D eigenvalue weighted by atomic mass is 32.2. The molecule has 38 heavy (non-hydrogen) atoms. The van der Waals surface area contributed by atoms with Crippen LogP contribution < -0.4 is 0 Å². The summed E-state index contributed by atoms with van der Waals surface area (Å²) in [4.78, 5) is 49.7. The van der Waals surface area contributed by atoms with Gasteiger partial charge in [0, 0.05) is 19.5 Å². The summed E-state index contributed by atoms with van der Waals surface area (Å²) in [6.07, 6.45) is 2.07. The van der Waals surface area contributed by atoms with Crippen LogP contribution in [0.5, 0.6) is 0 Å².